The molecule has 0 saturated heterocycles. The van der Waals surface area contributed by atoms with E-state index in [2.05, 4.69) is 15.5 Å². The maximum atomic E-state index is 12.9. The van der Waals surface area contributed by atoms with Crippen LogP contribution in [0, 0.1) is 0 Å². The van der Waals surface area contributed by atoms with Crippen molar-refractivity contribution in [2.24, 2.45) is 19.3 Å². The van der Waals surface area contributed by atoms with Crippen LogP contribution in [0.4, 0.5) is 5.95 Å². The summed E-state index contributed by atoms with van der Waals surface area (Å²) in [5.41, 5.74) is 1.31. The van der Waals surface area contributed by atoms with Crippen LogP contribution in [0.15, 0.2) is 39.0 Å². The van der Waals surface area contributed by atoms with Crippen molar-refractivity contribution in [2.75, 3.05) is 25.6 Å². The Morgan fingerprint density at radius 1 is 1.25 bits per heavy atom. The van der Waals surface area contributed by atoms with Crippen molar-refractivity contribution < 1.29 is 14.7 Å². The van der Waals surface area contributed by atoms with Crippen molar-refractivity contribution in [2.45, 2.75) is 25.5 Å². The van der Waals surface area contributed by atoms with E-state index in [1.54, 1.807) is 18.7 Å². The molecule has 0 radical (unpaired) electrons. The number of aliphatic hydroxyl groups is 1. The molecule has 0 spiro atoms. The Labute approximate surface area is 183 Å². The Hall–Kier alpha value is -3.60. The topological polar surface area (TPSA) is 125 Å². The predicted molar refractivity (Wildman–Crippen MR) is 119 cm³/mol. The molecule has 1 aliphatic rings. The van der Waals surface area contributed by atoms with E-state index in [0.717, 1.165) is 15.8 Å². The number of nitrogens with zero attached hydrogens (tertiary/aromatic N) is 5. The molecule has 1 aliphatic heterocycles. The molecule has 32 heavy (non-hydrogen) atoms. The minimum Gasteiger partial charge on any atom is -0.496 e. The molecule has 0 unspecified atom stereocenters. The number of aromatic nitrogens is 4. The Bertz CT molecular complexity index is 1290. The van der Waals surface area contributed by atoms with Crippen LogP contribution in [-0.4, -0.2) is 55.9 Å². The zero-order chi connectivity index (χ0) is 22.8. The molecule has 11 heteroatoms. The second kappa shape index (κ2) is 8.87. The number of para-hydroxylation sites is 1. The van der Waals surface area contributed by atoms with E-state index >= 15 is 0 Å². The van der Waals surface area contributed by atoms with E-state index in [1.165, 1.54) is 11.6 Å². The number of imidazole rings is 1. The van der Waals surface area contributed by atoms with Crippen LogP contribution in [-0.2, 0) is 25.5 Å². The number of anilines is 1. The zero-order valence-electron chi connectivity index (χ0n) is 18.2. The fourth-order valence-corrected chi connectivity index (χ4v) is 3.81. The van der Waals surface area contributed by atoms with Crippen LogP contribution in [0.1, 0.15) is 18.4 Å². The van der Waals surface area contributed by atoms with E-state index in [4.69, 9.17) is 14.7 Å². The van der Waals surface area contributed by atoms with Gasteiger partial charge in [0.05, 0.1) is 19.4 Å². The van der Waals surface area contributed by atoms with E-state index in [0.29, 0.717) is 43.1 Å². The number of nitrogens with one attached hydrogen (secondary N) is 1. The second-order valence-corrected chi connectivity index (χ2v) is 7.60. The normalized spacial score (nSPS) is 15.6. The third-order valence-electron chi connectivity index (χ3n) is 5.50. The highest BCUT2D eigenvalue weighted by Crippen LogP contribution is 2.26. The van der Waals surface area contributed by atoms with Crippen LogP contribution in [0.2, 0.25) is 0 Å². The van der Waals surface area contributed by atoms with Crippen molar-refractivity contribution >= 4 is 22.8 Å². The summed E-state index contributed by atoms with van der Waals surface area (Å²) >= 11 is 0. The lowest BCUT2D eigenvalue weighted by atomic mass is 10.0. The van der Waals surface area contributed by atoms with Gasteiger partial charge in [0.25, 0.3) is 5.56 Å². The van der Waals surface area contributed by atoms with Gasteiger partial charge in [-0.3, -0.25) is 13.9 Å². The summed E-state index contributed by atoms with van der Waals surface area (Å²) in [7, 11) is 4.62. The SMILES string of the molecule is COc1ccccc1C1=NO[C@H](Cn2c(NCCCO)nc3c2c(=O)n(C)c(=O)n3C)C1. The maximum absolute atomic E-state index is 12.9. The van der Waals surface area contributed by atoms with Gasteiger partial charge in [0.2, 0.25) is 5.95 Å². The molecule has 0 fully saturated rings. The van der Waals surface area contributed by atoms with Gasteiger partial charge in [0.15, 0.2) is 17.3 Å². The quantitative estimate of drug-likeness (QED) is 0.485. The van der Waals surface area contributed by atoms with Gasteiger partial charge in [0.1, 0.15) is 5.75 Å². The highest BCUT2D eigenvalue weighted by atomic mass is 16.6. The van der Waals surface area contributed by atoms with Gasteiger partial charge in [-0.05, 0) is 18.6 Å². The van der Waals surface area contributed by atoms with Crippen LogP contribution in [0.3, 0.4) is 0 Å². The Morgan fingerprint density at radius 3 is 2.78 bits per heavy atom. The van der Waals surface area contributed by atoms with Crippen molar-refractivity contribution in [3.8, 4) is 5.75 Å². The molecule has 2 aromatic heterocycles. The number of aryl methyl sites for hydroxylation is 1. The molecule has 0 amide bonds. The third-order valence-corrected chi connectivity index (χ3v) is 5.50. The molecule has 0 aliphatic carbocycles. The summed E-state index contributed by atoms with van der Waals surface area (Å²) in [6.45, 7) is 0.783. The third kappa shape index (κ3) is 3.75. The molecule has 4 rings (SSSR count). The summed E-state index contributed by atoms with van der Waals surface area (Å²) in [5.74, 6) is 1.14. The fourth-order valence-electron chi connectivity index (χ4n) is 3.81. The van der Waals surface area contributed by atoms with Crippen molar-refractivity contribution in [1.29, 1.82) is 0 Å². The molecule has 11 nitrogen and oxygen atoms in total. The summed E-state index contributed by atoms with van der Waals surface area (Å²) in [5, 5.41) is 16.5. The van der Waals surface area contributed by atoms with Crippen LogP contribution >= 0.6 is 0 Å². The second-order valence-electron chi connectivity index (χ2n) is 7.60. The van der Waals surface area contributed by atoms with Crippen molar-refractivity contribution in [1.82, 2.24) is 18.7 Å². The van der Waals surface area contributed by atoms with Gasteiger partial charge in [0, 0.05) is 39.2 Å². The molecule has 1 aromatic carbocycles. The number of aliphatic hydroxyl groups excluding tert-OH is 1. The molecule has 0 bridgehead atoms. The summed E-state index contributed by atoms with van der Waals surface area (Å²) < 4.78 is 9.55. The Morgan fingerprint density at radius 2 is 2.03 bits per heavy atom. The average Bonchev–Trinajstić information content (AvgIpc) is 3.42. The largest absolute Gasteiger partial charge is 0.496 e. The molecule has 3 heterocycles. The number of ether oxygens (including phenoxy) is 1. The fraction of sp³-hybridized carbons (Fsp3) is 0.429. The first-order valence-corrected chi connectivity index (χ1v) is 10.3. The minimum absolute atomic E-state index is 0.0231. The molecule has 1 atom stereocenters. The van der Waals surface area contributed by atoms with Gasteiger partial charge in [-0.2, -0.15) is 4.98 Å². The number of fused-ring (bicyclic) bond motifs is 1. The number of benzene rings is 1. The van der Waals surface area contributed by atoms with Gasteiger partial charge >= 0.3 is 5.69 Å². The van der Waals surface area contributed by atoms with Crippen LogP contribution < -0.4 is 21.3 Å². The van der Waals surface area contributed by atoms with E-state index in [-0.39, 0.29) is 18.4 Å². The van der Waals surface area contributed by atoms with E-state index in [9.17, 15) is 9.59 Å². The highest BCUT2D eigenvalue weighted by molar-refractivity contribution is 6.03. The van der Waals surface area contributed by atoms with E-state index < -0.39 is 11.2 Å². The lowest BCUT2D eigenvalue weighted by molar-refractivity contribution is 0.0736. The molecule has 170 valence electrons. The number of rotatable bonds is 8. The summed E-state index contributed by atoms with van der Waals surface area (Å²) in [6.07, 6.45) is 0.691. The number of hydrogen-bond acceptors (Lipinski definition) is 8. The molecule has 3 aromatic rings. The van der Waals surface area contributed by atoms with Crippen LogP contribution in [0.25, 0.3) is 11.2 Å². The number of oxime groups is 1. The number of methoxy groups -OCH3 is 1. The van der Waals surface area contributed by atoms with Crippen LogP contribution in [0.5, 0.6) is 5.75 Å². The van der Waals surface area contributed by atoms with Gasteiger partial charge in [-0.25, -0.2) is 4.79 Å². The summed E-state index contributed by atoms with van der Waals surface area (Å²) in [4.78, 5) is 35.5. The molecular formula is C21H26N6O5. The molecular weight excluding hydrogens is 416 g/mol. The average molecular weight is 442 g/mol. The van der Waals surface area contributed by atoms with Crippen molar-refractivity contribution in [3.05, 3.63) is 50.7 Å². The predicted octanol–water partition coefficient (Wildman–Crippen LogP) is 0.430. The first kappa shape index (κ1) is 21.6. The van der Waals surface area contributed by atoms with Crippen molar-refractivity contribution in [3.63, 3.8) is 0 Å². The minimum atomic E-state index is -0.451. The van der Waals surface area contributed by atoms with Gasteiger partial charge in [-0.1, -0.05) is 17.3 Å². The standard InChI is InChI=1S/C21H26N6O5/c1-25-18-17(19(29)26(2)21(25)30)27(20(23-18)22-9-6-10-28)12-13-11-15(24-32-13)14-7-4-5-8-16(14)31-3/h4-5,7-8,13,28H,6,9-12H2,1-3H3,(H,22,23)/t13-/m0/s1. The van der Waals surface area contributed by atoms with Gasteiger partial charge < -0.3 is 24.6 Å². The zero-order valence-corrected chi connectivity index (χ0v) is 18.2. The molecule has 0 saturated carbocycles. The Kier molecular flexibility index (Phi) is 5.99. The first-order chi connectivity index (χ1) is 15.5. The first-order valence-electron chi connectivity index (χ1n) is 10.3. The molecule has 2 N–H and O–H groups in total. The maximum Gasteiger partial charge on any atom is 0.332 e. The monoisotopic (exact) mass is 442 g/mol. The Balaban J connectivity index is 1.68. The highest BCUT2D eigenvalue weighted by Gasteiger charge is 2.28. The van der Waals surface area contributed by atoms with Gasteiger partial charge in [-0.15, -0.1) is 0 Å². The lowest BCUT2D eigenvalue weighted by Gasteiger charge is -2.14. The lowest BCUT2D eigenvalue weighted by Crippen LogP contribution is -2.37. The van der Waals surface area contributed by atoms with E-state index in [1.807, 2.05) is 24.3 Å². The summed E-state index contributed by atoms with van der Waals surface area (Å²) in [6, 6.07) is 7.58. The smallest absolute Gasteiger partial charge is 0.332 e. The number of hydrogen-bond donors (Lipinski definition) is 2.